The van der Waals surface area contributed by atoms with E-state index in [1.54, 1.807) is 6.07 Å². The number of fused-ring (bicyclic) bond motifs is 1. The van der Waals surface area contributed by atoms with Gasteiger partial charge in [0.15, 0.2) is 0 Å². The first kappa shape index (κ1) is 13.2. The first-order valence-corrected chi connectivity index (χ1v) is 6.67. The van der Waals surface area contributed by atoms with Crippen molar-refractivity contribution in [1.29, 1.82) is 0 Å². The summed E-state index contributed by atoms with van der Waals surface area (Å²) in [6, 6.07) is 15.0. The van der Waals surface area contributed by atoms with Crippen LogP contribution in [0.3, 0.4) is 0 Å². The fraction of sp³-hybridized carbons (Fsp3) is 0.125. The van der Waals surface area contributed by atoms with Gasteiger partial charge in [0.1, 0.15) is 0 Å². The van der Waals surface area contributed by atoms with Crippen molar-refractivity contribution in [2.24, 2.45) is 0 Å². The Hall–Kier alpha value is -2.82. The average Bonchev–Trinajstić information content (AvgIpc) is 2.76. The van der Waals surface area contributed by atoms with Gasteiger partial charge in [0, 0.05) is 12.6 Å². The smallest absolute Gasteiger partial charge is 0.271 e. The van der Waals surface area contributed by atoms with Crippen molar-refractivity contribution in [3.8, 4) is 0 Å². The van der Waals surface area contributed by atoms with Gasteiger partial charge in [-0.2, -0.15) is 0 Å². The van der Waals surface area contributed by atoms with Crippen molar-refractivity contribution >= 4 is 22.5 Å². The summed E-state index contributed by atoms with van der Waals surface area (Å²) in [6.07, 6.45) is 0. The van der Waals surface area contributed by atoms with Crippen LogP contribution in [-0.4, -0.2) is 15.7 Å². The lowest BCUT2D eigenvalue weighted by molar-refractivity contribution is -0.114. The number of aromatic nitrogens is 2. The van der Waals surface area contributed by atoms with Crippen LogP contribution in [0.4, 0.5) is 5.69 Å². The fourth-order valence-electron chi connectivity index (χ4n) is 2.40. The Morgan fingerprint density at radius 2 is 2.00 bits per heavy atom. The minimum atomic E-state index is -0.105. The van der Waals surface area contributed by atoms with Crippen LogP contribution in [0.2, 0.25) is 0 Å². The summed E-state index contributed by atoms with van der Waals surface area (Å²) in [7, 11) is 0. The molecule has 2 N–H and O–H groups in total. The molecule has 1 amide bonds. The number of hydrogen-bond acceptors (Lipinski definition) is 2. The van der Waals surface area contributed by atoms with Crippen molar-refractivity contribution in [2.75, 3.05) is 5.32 Å². The van der Waals surface area contributed by atoms with Crippen LogP contribution < -0.4 is 10.9 Å². The highest BCUT2D eigenvalue weighted by molar-refractivity contribution is 5.88. The van der Waals surface area contributed by atoms with Gasteiger partial charge in [-0.3, -0.25) is 19.4 Å². The number of rotatable bonds is 3. The van der Waals surface area contributed by atoms with E-state index in [1.807, 2.05) is 47.1 Å². The van der Waals surface area contributed by atoms with Crippen molar-refractivity contribution in [3.63, 3.8) is 0 Å². The third kappa shape index (κ3) is 2.72. The summed E-state index contributed by atoms with van der Waals surface area (Å²) in [5, 5.41) is 6.26. The molecule has 0 saturated carbocycles. The zero-order valence-electron chi connectivity index (χ0n) is 11.6. The normalized spacial score (nSPS) is 10.7. The highest BCUT2D eigenvalue weighted by atomic mass is 16.1. The lowest BCUT2D eigenvalue weighted by Gasteiger charge is -2.07. The maximum absolute atomic E-state index is 11.9. The molecule has 5 heteroatoms. The second-order valence-corrected chi connectivity index (χ2v) is 4.93. The Morgan fingerprint density at radius 1 is 1.19 bits per heavy atom. The number of nitrogens with zero attached hydrogens (tertiary/aromatic N) is 1. The first-order chi connectivity index (χ1) is 10.1. The van der Waals surface area contributed by atoms with Gasteiger partial charge in [-0.25, -0.2) is 0 Å². The zero-order valence-corrected chi connectivity index (χ0v) is 11.6. The standard InChI is InChI=1S/C16H15N3O2/c1-11(20)17-13-6-4-5-12(9-13)10-19-15-8-3-2-7-14(15)16(21)18-19/h2-9H,10H2,1H3,(H,17,20)(H,18,21). The van der Waals surface area contributed by atoms with Gasteiger partial charge in [0.2, 0.25) is 5.91 Å². The second-order valence-electron chi connectivity index (χ2n) is 4.93. The molecule has 0 saturated heterocycles. The average molecular weight is 281 g/mol. The monoisotopic (exact) mass is 281 g/mol. The second kappa shape index (κ2) is 5.28. The molecule has 0 atom stereocenters. The molecule has 0 radical (unpaired) electrons. The molecule has 0 aliphatic rings. The van der Waals surface area contributed by atoms with Crippen LogP contribution in [0.5, 0.6) is 0 Å². The first-order valence-electron chi connectivity index (χ1n) is 6.67. The van der Waals surface area contributed by atoms with Crippen molar-refractivity contribution in [1.82, 2.24) is 9.78 Å². The number of amides is 1. The molecule has 106 valence electrons. The maximum atomic E-state index is 11.9. The Labute approximate surface area is 121 Å². The number of para-hydroxylation sites is 1. The Kier molecular flexibility index (Phi) is 3.31. The molecule has 0 aliphatic carbocycles. The summed E-state index contributed by atoms with van der Waals surface area (Å²) in [4.78, 5) is 23.0. The fourth-order valence-corrected chi connectivity index (χ4v) is 2.40. The van der Waals surface area contributed by atoms with E-state index in [-0.39, 0.29) is 11.5 Å². The zero-order chi connectivity index (χ0) is 14.8. The largest absolute Gasteiger partial charge is 0.326 e. The lowest BCUT2D eigenvalue weighted by atomic mass is 10.2. The van der Waals surface area contributed by atoms with Crippen LogP contribution in [0.15, 0.2) is 53.3 Å². The summed E-state index contributed by atoms with van der Waals surface area (Å²) in [6.45, 7) is 2.01. The number of anilines is 1. The van der Waals surface area contributed by atoms with Gasteiger partial charge in [0.05, 0.1) is 17.4 Å². The van der Waals surface area contributed by atoms with E-state index < -0.39 is 0 Å². The molecule has 0 fully saturated rings. The van der Waals surface area contributed by atoms with Gasteiger partial charge < -0.3 is 5.32 Å². The number of carbonyl (C=O) groups is 1. The van der Waals surface area contributed by atoms with Crippen LogP contribution >= 0.6 is 0 Å². The molecular formula is C16H15N3O2. The molecule has 0 aliphatic heterocycles. The minimum absolute atomic E-state index is 0.0939. The Morgan fingerprint density at radius 3 is 2.81 bits per heavy atom. The van der Waals surface area contributed by atoms with Crippen LogP contribution in [-0.2, 0) is 11.3 Å². The number of hydrogen-bond donors (Lipinski definition) is 2. The number of benzene rings is 2. The third-order valence-corrected chi connectivity index (χ3v) is 3.26. The topological polar surface area (TPSA) is 66.9 Å². The molecule has 1 aromatic heterocycles. The molecule has 3 aromatic rings. The van der Waals surface area contributed by atoms with Crippen LogP contribution in [0.25, 0.3) is 10.9 Å². The van der Waals surface area contributed by atoms with Gasteiger partial charge in [-0.1, -0.05) is 24.3 Å². The molecular weight excluding hydrogens is 266 g/mol. The van der Waals surface area contributed by atoms with Crippen molar-refractivity contribution in [3.05, 3.63) is 64.4 Å². The minimum Gasteiger partial charge on any atom is -0.326 e. The van der Waals surface area contributed by atoms with Gasteiger partial charge in [-0.15, -0.1) is 0 Å². The Bertz CT molecular complexity index is 861. The molecule has 0 bridgehead atoms. The number of nitrogens with one attached hydrogen (secondary N) is 2. The van der Waals surface area contributed by atoms with E-state index in [0.717, 1.165) is 16.8 Å². The Balaban J connectivity index is 1.95. The highest BCUT2D eigenvalue weighted by Gasteiger charge is 2.06. The third-order valence-electron chi connectivity index (χ3n) is 3.26. The SMILES string of the molecule is CC(=O)Nc1cccc(Cn2[nH]c(=O)c3ccccc32)c1. The van der Waals surface area contributed by atoms with Gasteiger partial charge in [-0.05, 0) is 29.8 Å². The maximum Gasteiger partial charge on any atom is 0.271 e. The summed E-state index contributed by atoms with van der Waals surface area (Å²) in [5.74, 6) is -0.105. The van der Waals surface area contributed by atoms with Crippen molar-refractivity contribution in [2.45, 2.75) is 13.5 Å². The molecule has 2 aromatic carbocycles. The highest BCUT2D eigenvalue weighted by Crippen LogP contribution is 2.14. The van der Waals surface area contributed by atoms with Crippen LogP contribution in [0.1, 0.15) is 12.5 Å². The molecule has 5 nitrogen and oxygen atoms in total. The summed E-state index contributed by atoms with van der Waals surface area (Å²) >= 11 is 0. The van der Waals surface area contributed by atoms with Gasteiger partial charge >= 0.3 is 0 Å². The van der Waals surface area contributed by atoms with Crippen LogP contribution in [0, 0.1) is 0 Å². The number of carbonyl (C=O) groups excluding carboxylic acids is 1. The van der Waals surface area contributed by atoms with Gasteiger partial charge in [0.25, 0.3) is 5.56 Å². The molecule has 3 rings (SSSR count). The molecule has 0 spiro atoms. The van der Waals surface area contributed by atoms with E-state index in [9.17, 15) is 9.59 Å². The van der Waals surface area contributed by atoms with E-state index in [0.29, 0.717) is 11.9 Å². The summed E-state index contributed by atoms with van der Waals surface area (Å²) < 4.78 is 1.81. The van der Waals surface area contributed by atoms with E-state index in [4.69, 9.17) is 0 Å². The van der Waals surface area contributed by atoms with E-state index in [1.165, 1.54) is 6.92 Å². The predicted octanol–water partition coefficient (Wildman–Crippen LogP) is 2.34. The molecule has 1 heterocycles. The lowest BCUT2D eigenvalue weighted by Crippen LogP contribution is -2.08. The predicted molar refractivity (Wildman–Crippen MR) is 82.4 cm³/mol. The van der Waals surface area contributed by atoms with E-state index >= 15 is 0 Å². The van der Waals surface area contributed by atoms with Crippen molar-refractivity contribution < 1.29 is 4.79 Å². The summed E-state index contributed by atoms with van der Waals surface area (Å²) in [5.41, 5.74) is 2.52. The van der Waals surface area contributed by atoms with E-state index in [2.05, 4.69) is 10.4 Å². The number of aromatic amines is 1. The molecule has 0 unspecified atom stereocenters. The quantitative estimate of drug-likeness (QED) is 0.773. The number of H-pyrrole nitrogens is 1. The molecule has 21 heavy (non-hydrogen) atoms.